The molecule has 0 unspecified atom stereocenters. The molecule has 0 spiro atoms. The largest absolute Gasteiger partial charge is 0.259 e. The van der Waals surface area contributed by atoms with Crippen molar-refractivity contribution in [2.75, 3.05) is 0 Å². The second-order valence-corrected chi connectivity index (χ2v) is 3.08. The highest BCUT2D eigenvalue weighted by atomic mass is 15.2. The average molecular weight is 197 g/mol. The predicted molar refractivity (Wildman–Crippen MR) is 54.0 cm³/mol. The van der Waals surface area contributed by atoms with Gasteiger partial charge in [-0.05, 0) is 18.2 Å². The monoisotopic (exact) mass is 197 g/mol. The lowest BCUT2D eigenvalue weighted by Crippen LogP contribution is -1.93. The predicted octanol–water partition coefficient (Wildman–Crippen LogP) is 1.37. The van der Waals surface area contributed by atoms with Crippen LogP contribution in [0.5, 0.6) is 0 Å². The van der Waals surface area contributed by atoms with E-state index < -0.39 is 0 Å². The molecule has 72 valence electrons. The molecule has 0 saturated heterocycles. The van der Waals surface area contributed by atoms with Crippen molar-refractivity contribution in [2.45, 2.75) is 0 Å². The zero-order chi connectivity index (χ0) is 10.1. The third kappa shape index (κ3) is 1.34. The van der Waals surface area contributed by atoms with Crippen LogP contribution in [-0.2, 0) is 0 Å². The molecule has 1 aromatic heterocycles. The van der Waals surface area contributed by atoms with Gasteiger partial charge in [0.15, 0.2) is 5.82 Å². The Morgan fingerprint density at radius 2 is 1.93 bits per heavy atom. The quantitative estimate of drug-likeness (QED) is 0.639. The van der Waals surface area contributed by atoms with E-state index in [0.29, 0.717) is 5.82 Å². The van der Waals surface area contributed by atoms with Gasteiger partial charge in [0, 0.05) is 6.20 Å². The topological polar surface area (TPSA) is 67.3 Å². The standard InChI is InChI=1S/C10H7N5/c1-2-4-11-7(3-1)8-5-9-10(15-14-8)13-6-12-9/h1-6H,(H,12,13,15). The number of rotatable bonds is 1. The summed E-state index contributed by atoms with van der Waals surface area (Å²) in [6.07, 6.45) is 3.24. The Morgan fingerprint density at radius 3 is 2.80 bits per heavy atom. The van der Waals surface area contributed by atoms with E-state index in [2.05, 4.69) is 25.1 Å². The molecule has 2 aliphatic heterocycles. The first-order valence-corrected chi connectivity index (χ1v) is 4.51. The van der Waals surface area contributed by atoms with Crippen LogP contribution < -0.4 is 0 Å². The molecule has 3 rings (SSSR count). The highest BCUT2D eigenvalue weighted by Crippen LogP contribution is 2.19. The van der Waals surface area contributed by atoms with Crippen LogP contribution in [0.15, 0.2) is 36.8 Å². The molecular weight excluding hydrogens is 190 g/mol. The number of hydrogen-bond acceptors (Lipinski definition) is 4. The summed E-state index contributed by atoms with van der Waals surface area (Å²) in [7, 11) is 0. The molecule has 0 amide bonds. The summed E-state index contributed by atoms with van der Waals surface area (Å²) in [6.45, 7) is 0. The van der Waals surface area contributed by atoms with Crippen LogP contribution in [0.3, 0.4) is 0 Å². The lowest BCUT2D eigenvalue weighted by atomic mass is 10.2. The number of pyridine rings is 1. The van der Waals surface area contributed by atoms with Gasteiger partial charge in [0.2, 0.25) is 0 Å². The highest BCUT2D eigenvalue weighted by Gasteiger charge is 2.08. The van der Waals surface area contributed by atoms with Crippen molar-refractivity contribution in [1.82, 2.24) is 25.1 Å². The Morgan fingerprint density at radius 1 is 0.933 bits per heavy atom. The number of aromatic amines is 1. The van der Waals surface area contributed by atoms with E-state index >= 15 is 0 Å². The minimum Gasteiger partial charge on any atom is -0.259 e. The molecule has 0 bridgehead atoms. The van der Waals surface area contributed by atoms with Gasteiger partial charge in [0.05, 0.1) is 5.69 Å². The number of H-pyrrole nitrogens is 1. The minimum absolute atomic E-state index is 0.690. The fourth-order valence-electron chi connectivity index (χ4n) is 1.39. The summed E-state index contributed by atoms with van der Waals surface area (Å²) >= 11 is 0. The van der Waals surface area contributed by atoms with Crippen molar-refractivity contribution in [2.24, 2.45) is 0 Å². The maximum absolute atomic E-state index is 4.21. The molecule has 1 N–H and O–H groups in total. The molecule has 15 heavy (non-hydrogen) atoms. The van der Waals surface area contributed by atoms with E-state index in [1.165, 1.54) is 6.33 Å². The Bertz CT molecular complexity index is 545. The maximum Gasteiger partial charge on any atom is 0.174 e. The maximum atomic E-state index is 4.21. The van der Waals surface area contributed by atoms with E-state index in [9.17, 15) is 0 Å². The zero-order valence-electron chi connectivity index (χ0n) is 7.75. The van der Waals surface area contributed by atoms with Crippen molar-refractivity contribution in [3.8, 4) is 22.9 Å². The third-order valence-corrected chi connectivity index (χ3v) is 2.11. The van der Waals surface area contributed by atoms with Crippen molar-refractivity contribution in [1.29, 1.82) is 0 Å². The van der Waals surface area contributed by atoms with Gasteiger partial charge >= 0.3 is 0 Å². The molecule has 0 aliphatic carbocycles. The molecular formula is C10H7N5. The van der Waals surface area contributed by atoms with Crippen LogP contribution in [0.1, 0.15) is 0 Å². The van der Waals surface area contributed by atoms with Gasteiger partial charge in [-0.3, -0.25) is 10.1 Å². The Balaban J connectivity index is 2.17. The van der Waals surface area contributed by atoms with Crippen LogP contribution in [-0.4, -0.2) is 25.1 Å². The lowest BCUT2D eigenvalue weighted by Gasteiger charge is -2.00. The van der Waals surface area contributed by atoms with Crippen LogP contribution in [0.2, 0.25) is 0 Å². The van der Waals surface area contributed by atoms with Gasteiger partial charge < -0.3 is 0 Å². The van der Waals surface area contributed by atoms with Crippen LogP contribution in [0.4, 0.5) is 0 Å². The Kier molecular flexibility index (Phi) is 1.68. The van der Waals surface area contributed by atoms with Gasteiger partial charge in [-0.15, -0.1) is 0 Å². The van der Waals surface area contributed by atoms with E-state index in [1.54, 1.807) is 6.20 Å². The van der Waals surface area contributed by atoms with Gasteiger partial charge in [-0.25, -0.2) is 9.97 Å². The molecule has 0 aromatic carbocycles. The van der Waals surface area contributed by atoms with Crippen LogP contribution in [0.25, 0.3) is 22.9 Å². The van der Waals surface area contributed by atoms with Crippen molar-refractivity contribution < 1.29 is 0 Å². The highest BCUT2D eigenvalue weighted by molar-refractivity contribution is 5.61. The summed E-state index contributed by atoms with van der Waals surface area (Å²) in [5.41, 5.74) is 2.38. The summed E-state index contributed by atoms with van der Waals surface area (Å²) in [4.78, 5) is 12.3. The second kappa shape index (κ2) is 3.13. The minimum atomic E-state index is 0.690. The lowest BCUT2D eigenvalue weighted by molar-refractivity contribution is 1.01. The number of hydrogen-bond donors (Lipinski definition) is 1. The fraction of sp³-hybridized carbons (Fsp3) is 0. The first-order chi connectivity index (χ1) is 7.43. The van der Waals surface area contributed by atoms with E-state index in [4.69, 9.17) is 0 Å². The number of nitrogens with one attached hydrogen (secondary N) is 1. The van der Waals surface area contributed by atoms with Gasteiger partial charge in [0.1, 0.15) is 17.7 Å². The third-order valence-electron chi connectivity index (χ3n) is 2.11. The van der Waals surface area contributed by atoms with E-state index in [0.717, 1.165) is 17.1 Å². The van der Waals surface area contributed by atoms with Crippen molar-refractivity contribution in [3.05, 3.63) is 36.8 Å². The molecule has 0 radical (unpaired) electrons. The zero-order valence-corrected chi connectivity index (χ0v) is 7.75. The number of nitrogens with zero attached hydrogens (tertiary/aromatic N) is 4. The molecule has 5 heteroatoms. The SMILES string of the molecule is c1ccc(-c2cc3ncnc-3[nH]n2)nc1. The summed E-state index contributed by atoms with van der Waals surface area (Å²) in [6, 6.07) is 7.55. The molecule has 2 aliphatic rings. The molecule has 3 heterocycles. The summed E-state index contributed by atoms with van der Waals surface area (Å²) in [5, 5.41) is 6.99. The molecule has 0 atom stereocenters. The molecule has 1 aromatic rings. The number of aromatic nitrogens is 5. The Labute approximate surface area is 85.6 Å². The smallest absolute Gasteiger partial charge is 0.174 e. The van der Waals surface area contributed by atoms with Crippen molar-refractivity contribution >= 4 is 0 Å². The normalized spacial score (nSPS) is 10.7. The molecule has 0 fully saturated rings. The van der Waals surface area contributed by atoms with E-state index in [-0.39, 0.29) is 0 Å². The molecule has 5 nitrogen and oxygen atoms in total. The Hall–Kier alpha value is -2.30. The van der Waals surface area contributed by atoms with Gasteiger partial charge in [0.25, 0.3) is 0 Å². The summed E-state index contributed by atoms with van der Waals surface area (Å²) in [5.74, 6) is 0.690. The number of imidazole rings is 1. The first kappa shape index (κ1) is 8.05. The van der Waals surface area contributed by atoms with Crippen molar-refractivity contribution in [3.63, 3.8) is 0 Å². The van der Waals surface area contributed by atoms with Gasteiger partial charge in [-0.2, -0.15) is 5.10 Å². The van der Waals surface area contributed by atoms with Crippen LogP contribution >= 0.6 is 0 Å². The average Bonchev–Trinajstić information content (AvgIpc) is 2.77. The van der Waals surface area contributed by atoms with E-state index in [1.807, 2.05) is 24.3 Å². The van der Waals surface area contributed by atoms with Crippen LogP contribution in [0, 0.1) is 0 Å². The van der Waals surface area contributed by atoms with Gasteiger partial charge in [-0.1, -0.05) is 6.07 Å². The fourth-order valence-corrected chi connectivity index (χ4v) is 1.39. The number of fused-ring (bicyclic) bond motifs is 1. The molecule has 0 saturated carbocycles. The summed E-state index contributed by atoms with van der Waals surface area (Å²) < 4.78 is 0. The first-order valence-electron chi connectivity index (χ1n) is 4.51. The second-order valence-electron chi connectivity index (χ2n) is 3.08.